The maximum atomic E-state index is 13.4. The highest BCUT2D eigenvalue weighted by molar-refractivity contribution is 7.89. The van der Waals surface area contributed by atoms with E-state index in [0.29, 0.717) is 31.9 Å². The van der Waals surface area contributed by atoms with Crippen molar-refractivity contribution in [2.75, 3.05) is 26.3 Å². The summed E-state index contributed by atoms with van der Waals surface area (Å²) >= 11 is 0. The van der Waals surface area contributed by atoms with Crippen LogP contribution in [-0.4, -0.2) is 45.3 Å². The van der Waals surface area contributed by atoms with Gasteiger partial charge in [-0.2, -0.15) is 4.31 Å². The number of benzene rings is 1. The monoisotopic (exact) mass is 329 g/mol. The van der Waals surface area contributed by atoms with E-state index >= 15 is 0 Å². The fourth-order valence-corrected chi connectivity index (χ4v) is 4.83. The number of rotatable bonds is 3. The predicted octanol–water partition coefficient (Wildman–Crippen LogP) is 1.91. The number of hydrogen-bond donors (Lipinski definition) is 0. The van der Waals surface area contributed by atoms with Gasteiger partial charge >= 0.3 is 0 Å². The van der Waals surface area contributed by atoms with E-state index in [0.717, 1.165) is 18.9 Å². The number of sulfonamides is 1. The molecule has 0 bridgehead atoms. The van der Waals surface area contributed by atoms with Crippen LogP contribution in [0.2, 0.25) is 0 Å². The van der Waals surface area contributed by atoms with E-state index < -0.39 is 15.8 Å². The van der Waals surface area contributed by atoms with E-state index in [1.165, 1.54) is 16.4 Å². The lowest BCUT2D eigenvalue weighted by molar-refractivity contribution is -0.0940. The summed E-state index contributed by atoms with van der Waals surface area (Å²) in [4.78, 5) is 0.0430. The summed E-state index contributed by atoms with van der Waals surface area (Å²) in [7, 11) is -3.70. The molecule has 5 nitrogen and oxygen atoms in total. The second kappa shape index (κ2) is 6.23. The van der Waals surface area contributed by atoms with E-state index in [9.17, 15) is 12.8 Å². The molecular formula is C15H20FNO4S. The van der Waals surface area contributed by atoms with E-state index in [2.05, 4.69) is 0 Å². The Morgan fingerprint density at radius 3 is 2.73 bits per heavy atom. The maximum Gasteiger partial charge on any atom is 0.243 e. The molecule has 2 saturated heterocycles. The molecule has 0 radical (unpaired) electrons. The Bertz CT molecular complexity index is 643. The van der Waals surface area contributed by atoms with Gasteiger partial charge in [-0.1, -0.05) is 6.07 Å². The van der Waals surface area contributed by atoms with Crippen molar-refractivity contribution in [3.63, 3.8) is 0 Å². The lowest BCUT2D eigenvalue weighted by Crippen LogP contribution is -2.43. The summed E-state index contributed by atoms with van der Waals surface area (Å²) < 4.78 is 51.5. The summed E-state index contributed by atoms with van der Waals surface area (Å²) in [6.45, 7) is 3.58. The van der Waals surface area contributed by atoms with Crippen LogP contribution in [0, 0.1) is 18.7 Å². The van der Waals surface area contributed by atoms with Gasteiger partial charge in [-0.05, 0) is 37.5 Å². The average Bonchev–Trinajstić information content (AvgIpc) is 3.04. The molecule has 2 aliphatic rings. The normalized spacial score (nSPS) is 24.7. The largest absolute Gasteiger partial charge is 0.350 e. The third-order valence-electron chi connectivity index (χ3n) is 4.22. The van der Waals surface area contributed by atoms with Crippen LogP contribution < -0.4 is 0 Å². The predicted molar refractivity (Wildman–Crippen MR) is 78.3 cm³/mol. The molecular weight excluding hydrogens is 309 g/mol. The van der Waals surface area contributed by atoms with Gasteiger partial charge < -0.3 is 9.47 Å². The van der Waals surface area contributed by atoms with Crippen molar-refractivity contribution in [3.05, 3.63) is 29.6 Å². The van der Waals surface area contributed by atoms with Crippen molar-refractivity contribution < 1.29 is 22.3 Å². The highest BCUT2D eigenvalue weighted by Crippen LogP contribution is 2.29. The van der Waals surface area contributed by atoms with Crippen molar-refractivity contribution >= 4 is 10.0 Å². The molecule has 1 atom stereocenters. The van der Waals surface area contributed by atoms with Crippen LogP contribution in [0.15, 0.2) is 23.1 Å². The SMILES string of the molecule is Cc1ccc(F)cc1S(=O)(=O)N1CCC[C@H](C2OCCO2)C1. The van der Waals surface area contributed by atoms with Gasteiger partial charge in [-0.3, -0.25) is 0 Å². The van der Waals surface area contributed by atoms with Gasteiger partial charge in [-0.15, -0.1) is 0 Å². The van der Waals surface area contributed by atoms with Gasteiger partial charge in [-0.25, -0.2) is 12.8 Å². The smallest absolute Gasteiger partial charge is 0.243 e. The van der Waals surface area contributed by atoms with Crippen LogP contribution >= 0.6 is 0 Å². The lowest BCUT2D eigenvalue weighted by Gasteiger charge is -2.34. The molecule has 7 heteroatoms. The van der Waals surface area contributed by atoms with Gasteiger partial charge in [0, 0.05) is 19.0 Å². The third-order valence-corrected chi connectivity index (χ3v) is 6.23. The van der Waals surface area contributed by atoms with Gasteiger partial charge in [0.2, 0.25) is 10.0 Å². The Morgan fingerprint density at radius 1 is 1.27 bits per heavy atom. The Balaban J connectivity index is 1.83. The molecule has 0 spiro atoms. The van der Waals surface area contributed by atoms with E-state index in [4.69, 9.17) is 9.47 Å². The molecule has 0 saturated carbocycles. The summed E-state index contributed by atoms with van der Waals surface area (Å²) in [5.74, 6) is -0.514. The quantitative estimate of drug-likeness (QED) is 0.850. The Hall–Kier alpha value is -1.02. The van der Waals surface area contributed by atoms with Crippen LogP contribution in [-0.2, 0) is 19.5 Å². The number of halogens is 1. The van der Waals surface area contributed by atoms with E-state index in [-0.39, 0.29) is 17.1 Å². The highest BCUT2D eigenvalue weighted by atomic mass is 32.2. The van der Waals surface area contributed by atoms with Crippen LogP contribution in [0.5, 0.6) is 0 Å². The Morgan fingerprint density at radius 2 is 2.00 bits per heavy atom. The van der Waals surface area contributed by atoms with E-state index in [1.54, 1.807) is 6.92 Å². The molecule has 3 rings (SSSR count). The second-order valence-corrected chi connectivity index (χ2v) is 7.69. The van der Waals surface area contributed by atoms with Crippen LogP contribution in [0.3, 0.4) is 0 Å². The zero-order valence-corrected chi connectivity index (χ0v) is 13.3. The molecule has 0 aromatic heterocycles. The molecule has 2 heterocycles. The van der Waals surface area contributed by atoms with Crippen molar-refractivity contribution in [1.82, 2.24) is 4.31 Å². The molecule has 1 aromatic carbocycles. The number of aryl methyl sites for hydroxylation is 1. The first-order valence-electron chi connectivity index (χ1n) is 7.48. The second-order valence-electron chi connectivity index (χ2n) is 5.79. The maximum absolute atomic E-state index is 13.4. The summed E-state index contributed by atoms with van der Waals surface area (Å²) in [6.07, 6.45) is 1.30. The van der Waals surface area contributed by atoms with E-state index in [1.807, 2.05) is 0 Å². The first kappa shape index (κ1) is 15.9. The summed E-state index contributed by atoms with van der Waals surface area (Å²) in [5, 5.41) is 0. The molecule has 1 aromatic rings. The molecule has 2 fully saturated rings. The summed E-state index contributed by atoms with van der Waals surface area (Å²) in [5.41, 5.74) is 0.553. The molecule has 122 valence electrons. The van der Waals surface area contributed by atoms with Crippen molar-refractivity contribution in [2.24, 2.45) is 5.92 Å². The van der Waals surface area contributed by atoms with Gasteiger partial charge in [0.15, 0.2) is 6.29 Å². The molecule has 22 heavy (non-hydrogen) atoms. The standard InChI is InChI=1S/C15H20FNO4S/c1-11-4-5-13(16)9-14(11)22(18,19)17-6-2-3-12(10-17)15-20-7-8-21-15/h4-5,9,12,15H,2-3,6-8,10H2,1H3/t12-/m0/s1. The van der Waals surface area contributed by atoms with Gasteiger partial charge in [0.1, 0.15) is 5.82 Å². The van der Waals surface area contributed by atoms with Crippen LogP contribution in [0.25, 0.3) is 0 Å². The Kier molecular flexibility index (Phi) is 4.49. The first-order chi connectivity index (χ1) is 10.5. The molecule has 2 aliphatic heterocycles. The highest BCUT2D eigenvalue weighted by Gasteiger charge is 2.36. The average molecular weight is 329 g/mol. The number of piperidine rings is 1. The van der Waals surface area contributed by atoms with Gasteiger partial charge in [0.25, 0.3) is 0 Å². The van der Waals surface area contributed by atoms with Gasteiger partial charge in [0.05, 0.1) is 18.1 Å². The molecule has 0 aliphatic carbocycles. The molecule has 0 unspecified atom stereocenters. The van der Waals surface area contributed by atoms with Crippen molar-refractivity contribution in [2.45, 2.75) is 31.0 Å². The molecule has 0 N–H and O–H groups in total. The van der Waals surface area contributed by atoms with Crippen molar-refractivity contribution in [1.29, 1.82) is 0 Å². The van der Waals surface area contributed by atoms with Crippen LogP contribution in [0.1, 0.15) is 18.4 Å². The zero-order chi connectivity index (χ0) is 15.7. The lowest BCUT2D eigenvalue weighted by atomic mass is 9.99. The topological polar surface area (TPSA) is 55.8 Å². The molecule has 0 amide bonds. The first-order valence-corrected chi connectivity index (χ1v) is 8.92. The van der Waals surface area contributed by atoms with Crippen LogP contribution in [0.4, 0.5) is 4.39 Å². The number of hydrogen-bond acceptors (Lipinski definition) is 4. The minimum absolute atomic E-state index is 0.0277. The fraction of sp³-hybridized carbons (Fsp3) is 0.600. The minimum atomic E-state index is -3.70. The Labute approximate surface area is 130 Å². The van der Waals surface area contributed by atoms with Crippen molar-refractivity contribution in [3.8, 4) is 0 Å². The third kappa shape index (κ3) is 3.03. The summed E-state index contributed by atoms with van der Waals surface area (Å²) in [6, 6.07) is 3.86. The minimum Gasteiger partial charge on any atom is -0.350 e. The number of nitrogens with zero attached hydrogens (tertiary/aromatic N) is 1. The fourth-order valence-electron chi connectivity index (χ4n) is 3.05. The number of ether oxygens (including phenoxy) is 2. The zero-order valence-electron chi connectivity index (χ0n) is 12.5.